The van der Waals surface area contributed by atoms with E-state index < -0.39 is 11.7 Å². The molecule has 0 heterocycles. The molecule has 2 atom stereocenters. The highest BCUT2D eigenvalue weighted by atomic mass is 16.3. The summed E-state index contributed by atoms with van der Waals surface area (Å²) >= 11 is 0. The van der Waals surface area contributed by atoms with Crippen molar-refractivity contribution in [2.24, 2.45) is 0 Å². The van der Waals surface area contributed by atoms with Crippen LogP contribution in [0.5, 0.6) is 0 Å². The zero-order chi connectivity index (χ0) is 16.8. The Balaban J connectivity index is 3.01. The standard InChI is InChI=1S/C20H32O2/c1-15(2)18-11-9-16(3)7-6-8-17(4)10-12-19(21)20(5,22)14-13-18/h8-9,11,19,21-22H,1,6-7,10,12-14H2,2-5H3/t19-,20-/m1/s1. The average molecular weight is 304 g/mol. The molecule has 0 aromatic rings. The summed E-state index contributed by atoms with van der Waals surface area (Å²) in [4.78, 5) is 0. The van der Waals surface area contributed by atoms with Gasteiger partial charge in [0.05, 0.1) is 11.7 Å². The molecular weight excluding hydrogens is 272 g/mol. The summed E-state index contributed by atoms with van der Waals surface area (Å²) in [5.41, 5.74) is 3.76. The molecule has 0 saturated heterocycles. The van der Waals surface area contributed by atoms with Crippen LogP contribution in [0.15, 0.2) is 47.1 Å². The maximum atomic E-state index is 10.5. The first-order chi connectivity index (χ1) is 10.2. The van der Waals surface area contributed by atoms with E-state index in [1.807, 2.05) is 6.92 Å². The van der Waals surface area contributed by atoms with Crippen LogP contribution in [0.25, 0.3) is 0 Å². The van der Waals surface area contributed by atoms with Crippen molar-refractivity contribution in [2.45, 2.75) is 77.9 Å². The Morgan fingerprint density at radius 1 is 1.18 bits per heavy atom. The first-order valence-corrected chi connectivity index (χ1v) is 8.30. The van der Waals surface area contributed by atoms with Crippen LogP contribution in [0.4, 0.5) is 0 Å². The molecular formula is C20H32O2. The third kappa shape index (κ3) is 6.33. The summed E-state index contributed by atoms with van der Waals surface area (Å²) < 4.78 is 0. The Morgan fingerprint density at radius 2 is 1.86 bits per heavy atom. The van der Waals surface area contributed by atoms with Gasteiger partial charge in [-0.3, -0.25) is 0 Å². The zero-order valence-corrected chi connectivity index (χ0v) is 14.7. The number of rotatable bonds is 1. The molecule has 0 bridgehead atoms. The van der Waals surface area contributed by atoms with Gasteiger partial charge >= 0.3 is 0 Å². The Bertz CT molecular complexity index is 478. The van der Waals surface area contributed by atoms with E-state index >= 15 is 0 Å². The van der Waals surface area contributed by atoms with Crippen LogP contribution < -0.4 is 0 Å². The maximum Gasteiger partial charge on any atom is 0.0880 e. The highest BCUT2D eigenvalue weighted by Crippen LogP contribution is 2.27. The molecule has 2 nitrogen and oxygen atoms in total. The van der Waals surface area contributed by atoms with Gasteiger partial charge < -0.3 is 10.2 Å². The third-order valence-electron chi connectivity index (χ3n) is 4.58. The van der Waals surface area contributed by atoms with Crippen molar-refractivity contribution >= 4 is 0 Å². The molecule has 0 amide bonds. The monoisotopic (exact) mass is 304 g/mol. The van der Waals surface area contributed by atoms with Crippen molar-refractivity contribution in [3.05, 3.63) is 47.1 Å². The summed E-state index contributed by atoms with van der Waals surface area (Å²) in [6.07, 6.45) is 10.6. The molecule has 1 aliphatic carbocycles. The SMILES string of the molecule is C=C(C)C1=CC=C(C)CCC=C(C)CC[C@@H](O)[C@](C)(O)CC1. The molecule has 0 saturated carbocycles. The Kier molecular flexibility index (Phi) is 7.31. The smallest absolute Gasteiger partial charge is 0.0880 e. The molecule has 2 heteroatoms. The van der Waals surface area contributed by atoms with E-state index in [2.05, 4.69) is 38.7 Å². The molecule has 0 aliphatic heterocycles. The molecule has 0 radical (unpaired) electrons. The summed E-state index contributed by atoms with van der Waals surface area (Å²) in [5, 5.41) is 20.8. The summed E-state index contributed by atoms with van der Waals surface area (Å²) in [6, 6.07) is 0. The van der Waals surface area contributed by atoms with Crippen molar-refractivity contribution in [3.63, 3.8) is 0 Å². The Morgan fingerprint density at radius 3 is 2.50 bits per heavy atom. The number of hydrogen-bond acceptors (Lipinski definition) is 2. The van der Waals surface area contributed by atoms with E-state index in [1.54, 1.807) is 6.92 Å². The van der Waals surface area contributed by atoms with Gasteiger partial charge in [-0.2, -0.15) is 0 Å². The third-order valence-corrected chi connectivity index (χ3v) is 4.58. The van der Waals surface area contributed by atoms with Crippen molar-refractivity contribution in [1.82, 2.24) is 0 Å². The van der Waals surface area contributed by atoms with E-state index in [0.29, 0.717) is 12.8 Å². The minimum Gasteiger partial charge on any atom is -0.390 e. The molecule has 2 N–H and O–H groups in total. The fourth-order valence-electron chi connectivity index (χ4n) is 2.64. The summed E-state index contributed by atoms with van der Waals surface area (Å²) in [7, 11) is 0. The first-order valence-electron chi connectivity index (χ1n) is 8.30. The minimum absolute atomic E-state index is 0.544. The minimum atomic E-state index is -1.06. The zero-order valence-electron chi connectivity index (χ0n) is 14.7. The van der Waals surface area contributed by atoms with E-state index in [0.717, 1.165) is 36.8 Å². The van der Waals surface area contributed by atoms with Crippen molar-refractivity contribution in [3.8, 4) is 0 Å². The van der Waals surface area contributed by atoms with Crippen LogP contribution in [-0.4, -0.2) is 21.9 Å². The predicted octanol–water partition coefficient (Wildman–Crippen LogP) is 4.85. The molecule has 0 fully saturated rings. The second-order valence-corrected chi connectivity index (χ2v) is 6.99. The summed E-state index contributed by atoms with van der Waals surface area (Å²) in [6.45, 7) is 12.0. The number of allylic oxidation sites excluding steroid dienone is 7. The van der Waals surface area contributed by atoms with Crippen molar-refractivity contribution in [1.29, 1.82) is 0 Å². The lowest BCUT2D eigenvalue weighted by molar-refractivity contribution is -0.0694. The lowest BCUT2D eigenvalue weighted by Gasteiger charge is -2.30. The maximum absolute atomic E-state index is 10.5. The fraction of sp³-hybridized carbons (Fsp3) is 0.600. The van der Waals surface area contributed by atoms with Crippen molar-refractivity contribution in [2.75, 3.05) is 0 Å². The topological polar surface area (TPSA) is 40.5 Å². The van der Waals surface area contributed by atoms with Gasteiger partial charge in [-0.15, -0.1) is 0 Å². The van der Waals surface area contributed by atoms with Crippen molar-refractivity contribution < 1.29 is 10.2 Å². The molecule has 1 aliphatic rings. The van der Waals surface area contributed by atoms with Gasteiger partial charge in [-0.25, -0.2) is 0 Å². The van der Waals surface area contributed by atoms with Crippen LogP contribution in [0.2, 0.25) is 0 Å². The molecule has 0 aromatic carbocycles. The largest absolute Gasteiger partial charge is 0.390 e. The van der Waals surface area contributed by atoms with Crippen LogP contribution in [0, 0.1) is 0 Å². The summed E-state index contributed by atoms with van der Waals surface area (Å²) in [5.74, 6) is 0. The van der Waals surface area contributed by atoms with Gasteiger partial charge in [-0.05, 0) is 71.8 Å². The quantitative estimate of drug-likeness (QED) is 0.680. The number of hydrogen-bond donors (Lipinski definition) is 2. The molecule has 0 unspecified atom stereocenters. The molecule has 22 heavy (non-hydrogen) atoms. The van der Waals surface area contributed by atoms with Crippen LogP contribution >= 0.6 is 0 Å². The number of aliphatic hydroxyl groups excluding tert-OH is 1. The normalized spacial score (nSPS) is 29.0. The lowest BCUT2D eigenvalue weighted by atomic mass is 9.86. The second kappa shape index (κ2) is 8.50. The van der Waals surface area contributed by atoms with Crippen LogP contribution in [0.1, 0.15) is 66.2 Å². The van der Waals surface area contributed by atoms with Gasteiger partial charge in [0, 0.05) is 0 Å². The molecule has 0 aromatic heterocycles. The molecule has 124 valence electrons. The lowest BCUT2D eigenvalue weighted by Crippen LogP contribution is -2.39. The van der Waals surface area contributed by atoms with E-state index in [-0.39, 0.29) is 0 Å². The average Bonchev–Trinajstić information content (AvgIpc) is 2.43. The van der Waals surface area contributed by atoms with Crippen LogP contribution in [0.3, 0.4) is 0 Å². The van der Waals surface area contributed by atoms with E-state index in [4.69, 9.17) is 0 Å². The Labute approximate surface area is 135 Å². The predicted molar refractivity (Wildman–Crippen MR) is 94.7 cm³/mol. The number of aliphatic hydroxyl groups is 2. The molecule has 0 spiro atoms. The first kappa shape index (κ1) is 18.9. The molecule has 1 rings (SSSR count). The van der Waals surface area contributed by atoms with Gasteiger partial charge in [0.1, 0.15) is 0 Å². The van der Waals surface area contributed by atoms with Gasteiger partial charge in [0.15, 0.2) is 0 Å². The highest BCUT2D eigenvalue weighted by Gasteiger charge is 2.29. The van der Waals surface area contributed by atoms with E-state index in [1.165, 1.54) is 11.1 Å². The van der Waals surface area contributed by atoms with Gasteiger partial charge in [0.2, 0.25) is 0 Å². The van der Waals surface area contributed by atoms with Gasteiger partial charge in [-0.1, -0.05) is 41.5 Å². The second-order valence-electron chi connectivity index (χ2n) is 6.99. The fourth-order valence-corrected chi connectivity index (χ4v) is 2.64. The Hall–Kier alpha value is -1.12. The van der Waals surface area contributed by atoms with E-state index in [9.17, 15) is 10.2 Å². The van der Waals surface area contributed by atoms with Gasteiger partial charge in [0.25, 0.3) is 0 Å². The van der Waals surface area contributed by atoms with Crippen LogP contribution in [-0.2, 0) is 0 Å². The highest BCUT2D eigenvalue weighted by molar-refractivity contribution is 5.31.